The van der Waals surface area contributed by atoms with E-state index in [9.17, 15) is 9.90 Å². The number of nitrogens with zero attached hydrogens (tertiary/aromatic N) is 3. The van der Waals surface area contributed by atoms with E-state index in [0.29, 0.717) is 12.2 Å². The second-order valence-electron chi connectivity index (χ2n) is 3.84. The average Bonchev–Trinajstić information content (AvgIpc) is 2.47. The number of carbonyl (C=O) groups is 1. The number of hydrogen-bond donors (Lipinski definition) is 1. The van der Waals surface area contributed by atoms with Gasteiger partial charge in [0, 0.05) is 18.6 Å². The predicted octanol–water partition coefficient (Wildman–Crippen LogP) is 3.30. The fourth-order valence-corrected chi connectivity index (χ4v) is 1.63. The van der Waals surface area contributed by atoms with E-state index >= 15 is 0 Å². The number of allylic oxidation sites excluding steroid dienone is 2. The second-order valence-corrected chi connectivity index (χ2v) is 3.84. The van der Waals surface area contributed by atoms with Crippen LogP contribution in [0.5, 0.6) is 0 Å². The summed E-state index contributed by atoms with van der Waals surface area (Å²) in [7, 11) is 0. The molecule has 0 saturated carbocycles. The molecule has 0 fully saturated rings. The Hall–Kier alpha value is -1.23. The van der Waals surface area contributed by atoms with Gasteiger partial charge in [0.05, 0.1) is 0 Å². The third kappa shape index (κ3) is 2.07. The number of amides is 1. The Balaban J connectivity index is 2.83. The van der Waals surface area contributed by atoms with Crippen molar-refractivity contribution < 1.29 is 14.5 Å². The minimum absolute atomic E-state index is 0.355. The first-order chi connectivity index (χ1) is 7.04. The van der Waals surface area contributed by atoms with Crippen molar-refractivity contribution in [2.45, 2.75) is 40.0 Å². The number of unbranched alkanes of at least 4 members (excludes halogenated alkanes) is 2. The summed E-state index contributed by atoms with van der Waals surface area (Å²) in [5.41, 5.74) is 1.44. The van der Waals surface area contributed by atoms with Crippen molar-refractivity contribution in [1.29, 1.82) is 0 Å². The van der Waals surface area contributed by atoms with E-state index in [1.807, 2.05) is 0 Å². The van der Waals surface area contributed by atoms with Crippen molar-refractivity contribution in [2.24, 2.45) is 10.3 Å². The molecule has 1 rings (SSSR count). The number of hydrogen-bond acceptors (Lipinski definition) is 3. The van der Waals surface area contributed by atoms with Gasteiger partial charge in [0.1, 0.15) is 12.2 Å². The molecule has 5 heteroatoms. The summed E-state index contributed by atoms with van der Waals surface area (Å²) in [4.78, 5) is 11.3. The van der Waals surface area contributed by atoms with Gasteiger partial charge in [-0.3, -0.25) is 0 Å². The summed E-state index contributed by atoms with van der Waals surface area (Å²) < 4.78 is -0.355. The lowest BCUT2D eigenvalue weighted by Crippen LogP contribution is -2.44. The van der Waals surface area contributed by atoms with Crippen molar-refractivity contribution in [3.05, 3.63) is 11.4 Å². The number of rotatable bonds is 4. The summed E-state index contributed by atoms with van der Waals surface area (Å²) in [6.45, 7) is 6.16. The van der Waals surface area contributed by atoms with Crippen LogP contribution in [0.1, 0.15) is 40.0 Å². The SMILES string of the molecule is CCCCC[N+]1(C(=O)O)N=NC(C)=C1C. The van der Waals surface area contributed by atoms with Gasteiger partial charge >= 0.3 is 6.09 Å². The standard InChI is InChI=1S/C10H17N3O2/c1-4-5-6-7-13(10(14)15)9(3)8(2)11-12-13/h4-7H2,1-3H3/p+1. The fourth-order valence-electron chi connectivity index (χ4n) is 1.63. The molecule has 1 aliphatic rings. The van der Waals surface area contributed by atoms with E-state index in [1.165, 1.54) is 0 Å². The zero-order valence-corrected chi connectivity index (χ0v) is 9.53. The van der Waals surface area contributed by atoms with Crippen LogP contribution in [0.2, 0.25) is 0 Å². The Bertz CT molecular complexity index is 323. The molecule has 1 N–H and O–H groups in total. The van der Waals surface area contributed by atoms with Crippen molar-refractivity contribution in [3.8, 4) is 0 Å². The lowest BCUT2D eigenvalue weighted by Gasteiger charge is -2.21. The molecule has 0 saturated heterocycles. The normalized spacial score (nSPS) is 25.0. The van der Waals surface area contributed by atoms with Gasteiger partial charge in [-0.05, 0) is 17.9 Å². The molecule has 0 aromatic rings. The van der Waals surface area contributed by atoms with E-state index in [0.717, 1.165) is 25.0 Å². The van der Waals surface area contributed by atoms with Crippen molar-refractivity contribution >= 4 is 6.09 Å². The molecule has 15 heavy (non-hydrogen) atoms. The highest BCUT2D eigenvalue weighted by molar-refractivity contribution is 5.58. The van der Waals surface area contributed by atoms with E-state index in [4.69, 9.17) is 0 Å². The molecule has 1 atom stereocenters. The van der Waals surface area contributed by atoms with Crippen molar-refractivity contribution in [1.82, 2.24) is 0 Å². The fraction of sp³-hybridized carbons (Fsp3) is 0.700. The molecule has 0 aromatic heterocycles. The molecule has 5 nitrogen and oxygen atoms in total. The summed E-state index contributed by atoms with van der Waals surface area (Å²) >= 11 is 0. The van der Waals surface area contributed by atoms with Crippen LogP contribution in [-0.4, -0.2) is 22.3 Å². The molecule has 1 unspecified atom stereocenters. The summed E-state index contributed by atoms with van der Waals surface area (Å²) in [6.07, 6.45) is 2.00. The van der Waals surface area contributed by atoms with Gasteiger partial charge in [0.15, 0.2) is 5.70 Å². The molecular formula is C10H18N3O2+. The van der Waals surface area contributed by atoms with Crippen LogP contribution in [0.15, 0.2) is 21.7 Å². The van der Waals surface area contributed by atoms with Crippen LogP contribution in [0.4, 0.5) is 4.79 Å². The van der Waals surface area contributed by atoms with E-state index in [1.54, 1.807) is 13.8 Å². The van der Waals surface area contributed by atoms with Gasteiger partial charge in [-0.25, -0.2) is 0 Å². The minimum atomic E-state index is -0.941. The maximum atomic E-state index is 11.3. The third-order valence-corrected chi connectivity index (χ3v) is 2.83. The second kappa shape index (κ2) is 4.53. The number of quaternary nitrogens is 1. The van der Waals surface area contributed by atoms with Crippen LogP contribution in [-0.2, 0) is 0 Å². The molecule has 0 radical (unpaired) electrons. The third-order valence-electron chi connectivity index (χ3n) is 2.83. The van der Waals surface area contributed by atoms with Crippen LogP contribution in [0.25, 0.3) is 0 Å². The van der Waals surface area contributed by atoms with Crippen molar-refractivity contribution in [2.75, 3.05) is 6.54 Å². The lowest BCUT2D eigenvalue weighted by atomic mass is 10.2. The summed E-state index contributed by atoms with van der Waals surface area (Å²) in [6, 6.07) is 0. The molecule has 1 amide bonds. The largest absolute Gasteiger partial charge is 0.547 e. The molecule has 84 valence electrons. The molecule has 0 aliphatic carbocycles. The Kier molecular flexibility index (Phi) is 3.57. The first-order valence-electron chi connectivity index (χ1n) is 5.27. The monoisotopic (exact) mass is 212 g/mol. The molecule has 1 heterocycles. The highest BCUT2D eigenvalue weighted by Crippen LogP contribution is 2.30. The first kappa shape index (κ1) is 11.8. The Morgan fingerprint density at radius 3 is 2.47 bits per heavy atom. The average molecular weight is 212 g/mol. The van der Waals surface area contributed by atoms with E-state index in [-0.39, 0.29) is 4.59 Å². The van der Waals surface area contributed by atoms with Crippen LogP contribution in [0.3, 0.4) is 0 Å². The van der Waals surface area contributed by atoms with Gasteiger partial charge in [-0.15, -0.1) is 0 Å². The Morgan fingerprint density at radius 2 is 2.07 bits per heavy atom. The highest BCUT2D eigenvalue weighted by atomic mass is 16.4. The minimum Gasteiger partial charge on any atom is -0.433 e. The highest BCUT2D eigenvalue weighted by Gasteiger charge is 2.45. The summed E-state index contributed by atoms with van der Waals surface area (Å²) in [5.74, 6) is 0. The molecular weight excluding hydrogens is 194 g/mol. The molecule has 0 aromatic carbocycles. The zero-order valence-electron chi connectivity index (χ0n) is 9.53. The molecule has 0 spiro atoms. The van der Waals surface area contributed by atoms with Gasteiger partial charge in [0.2, 0.25) is 0 Å². The van der Waals surface area contributed by atoms with Crippen molar-refractivity contribution in [3.63, 3.8) is 0 Å². The van der Waals surface area contributed by atoms with E-state index in [2.05, 4.69) is 17.3 Å². The molecule has 0 bridgehead atoms. The van der Waals surface area contributed by atoms with Crippen LogP contribution in [0, 0.1) is 0 Å². The topological polar surface area (TPSA) is 62.0 Å². The van der Waals surface area contributed by atoms with Crippen LogP contribution < -0.4 is 0 Å². The zero-order chi connectivity index (χ0) is 11.5. The van der Waals surface area contributed by atoms with E-state index < -0.39 is 6.09 Å². The first-order valence-corrected chi connectivity index (χ1v) is 5.27. The van der Waals surface area contributed by atoms with Gasteiger partial charge in [-0.2, -0.15) is 4.79 Å². The maximum Gasteiger partial charge on any atom is 0.547 e. The maximum absolute atomic E-state index is 11.3. The van der Waals surface area contributed by atoms with Gasteiger partial charge < -0.3 is 5.11 Å². The van der Waals surface area contributed by atoms with Gasteiger partial charge in [0.25, 0.3) is 0 Å². The number of carboxylic acid groups (broad SMARTS) is 1. The Labute approximate surface area is 89.7 Å². The van der Waals surface area contributed by atoms with Crippen LogP contribution >= 0.6 is 0 Å². The summed E-state index contributed by atoms with van der Waals surface area (Å²) in [5, 5.41) is 17.0. The smallest absolute Gasteiger partial charge is 0.433 e. The molecule has 1 aliphatic heterocycles. The lowest BCUT2D eigenvalue weighted by molar-refractivity contribution is -0.827. The van der Waals surface area contributed by atoms with Gasteiger partial charge in [-0.1, -0.05) is 18.5 Å². The quantitative estimate of drug-likeness (QED) is 0.574. The predicted molar refractivity (Wildman–Crippen MR) is 55.9 cm³/mol. The Morgan fingerprint density at radius 1 is 1.40 bits per heavy atom.